The van der Waals surface area contributed by atoms with Gasteiger partial charge in [0.2, 0.25) is 0 Å². The van der Waals surface area contributed by atoms with Crippen LogP contribution in [0.15, 0.2) is 64.2 Å². The summed E-state index contributed by atoms with van der Waals surface area (Å²) in [6.45, 7) is 2.29. The molecule has 0 aliphatic rings. The van der Waals surface area contributed by atoms with Crippen LogP contribution in [0.25, 0.3) is 0 Å². The smallest absolute Gasteiger partial charge is 0.277 e. The first-order valence-corrected chi connectivity index (χ1v) is 7.97. The third kappa shape index (κ3) is 3.89. The molecule has 0 saturated heterocycles. The molecule has 0 bridgehead atoms. The van der Waals surface area contributed by atoms with E-state index < -0.39 is 0 Å². The Morgan fingerprint density at radius 1 is 1.00 bits per heavy atom. The number of benzene rings is 2. The summed E-state index contributed by atoms with van der Waals surface area (Å²) >= 11 is 1.52. The molecule has 0 unspecified atom stereocenters. The van der Waals surface area contributed by atoms with Gasteiger partial charge in [-0.15, -0.1) is 10.2 Å². The quantitative estimate of drug-likeness (QED) is 0.637. The van der Waals surface area contributed by atoms with Gasteiger partial charge in [0.25, 0.3) is 11.1 Å². The first kappa shape index (κ1) is 14.7. The molecule has 1 aromatic heterocycles. The van der Waals surface area contributed by atoms with Crippen LogP contribution >= 0.6 is 11.8 Å². The molecular formula is C17H16N2O2S. The van der Waals surface area contributed by atoms with Crippen LogP contribution in [0, 0.1) is 6.92 Å². The van der Waals surface area contributed by atoms with Crippen LogP contribution in [0.5, 0.6) is 5.75 Å². The van der Waals surface area contributed by atoms with Crippen molar-refractivity contribution in [2.45, 2.75) is 24.5 Å². The number of hydrogen-bond donors (Lipinski definition) is 0. The van der Waals surface area contributed by atoms with E-state index in [1.807, 2.05) is 49.4 Å². The zero-order valence-corrected chi connectivity index (χ0v) is 13.0. The molecule has 112 valence electrons. The molecule has 1 heterocycles. The van der Waals surface area contributed by atoms with Crippen LogP contribution in [0.1, 0.15) is 17.0 Å². The molecule has 0 spiro atoms. The van der Waals surface area contributed by atoms with Crippen LogP contribution in [0.3, 0.4) is 0 Å². The zero-order valence-electron chi connectivity index (χ0n) is 12.2. The lowest BCUT2D eigenvalue weighted by atomic mass is 10.2. The maximum atomic E-state index is 5.69. The van der Waals surface area contributed by atoms with E-state index in [4.69, 9.17) is 9.15 Å². The number of para-hydroxylation sites is 1. The second-order valence-electron chi connectivity index (χ2n) is 4.79. The Morgan fingerprint density at radius 3 is 2.59 bits per heavy atom. The van der Waals surface area contributed by atoms with Crippen LogP contribution in [0.2, 0.25) is 0 Å². The number of thioether (sulfide) groups is 1. The lowest BCUT2D eigenvalue weighted by Crippen LogP contribution is -1.97. The molecule has 3 rings (SSSR count). The predicted molar refractivity (Wildman–Crippen MR) is 85.8 cm³/mol. The van der Waals surface area contributed by atoms with E-state index in [2.05, 4.69) is 22.3 Å². The number of rotatable bonds is 6. The van der Waals surface area contributed by atoms with Gasteiger partial charge >= 0.3 is 0 Å². The summed E-state index contributed by atoms with van der Waals surface area (Å²) in [7, 11) is 0. The largest absolute Gasteiger partial charge is 0.484 e. The predicted octanol–water partition coefficient (Wildman–Crippen LogP) is 4.25. The summed E-state index contributed by atoms with van der Waals surface area (Å²) in [4.78, 5) is 0. The van der Waals surface area contributed by atoms with Crippen molar-refractivity contribution in [3.8, 4) is 5.75 Å². The number of aromatic nitrogens is 2. The summed E-state index contributed by atoms with van der Waals surface area (Å²) in [6.07, 6.45) is 0. The van der Waals surface area contributed by atoms with E-state index >= 15 is 0 Å². The van der Waals surface area contributed by atoms with Crippen molar-refractivity contribution in [1.29, 1.82) is 0 Å². The van der Waals surface area contributed by atoms with E-state index in [9.17, 15) is 0 Å². The van der Waals surface area contributed by atoms with Gasteiger partial charge in [0.05, 0.1) is 0 Å². The molecule has 3 aromatic rings. The minimum absolute atomic E-state index is 0.281. The fraction of sp³-hybridized carbons (Fsp3) is 0.176. The van der Waals surface area contributed by atoms with Gasteiger partial charge in [-0.05, 0) is 24.1 Å². The van der Waals surface area contributed by atoms with Gasteiger partial charge in [-0.25, -0.2) is 0 Å². The normalized spacial score (nSPS) is 10.6. The lowest BCUT2D eigenvalue weighted by Gasteiger charge is -2.05. The van der Waals surface area contributed by atoms with Crippen molar-refractivity contribution in [3.63, 3.8) is 0 Å². The van der Waals surface area contributed by atoms with Gasteiger partial charge in [-0.2, -0.15) is 0 Å². The van der Waals surface area contributed by atoms with Gasteiger partial charge in [-0.1, -0.05) is 60.3 Å². The highest BCUT2D eigenvalue weighted by Gasteiger charge is 2.08. The molecule has 0 atom stereocenters. The molecule has 0 amide bonds. The molecule has 0 aliphatic carbocycles. The Balaban J connectivity index is 1.54. The second kappa shape index (κ2) is 7.13. The maximum Gasteiger partial charge on any atom is 0.277 e. The zero-order chi connectivity index (χ0) is 15.2. The Morgan fingerprint density at radius 2 is 1.77 bits per heavy atom. The molecule has 2 aromatic carbocycles. The summed E-state index contributed by atoms with van der Waals surface area (Å²) in [5.41, 5.74) is 2.31. The van der Waals surface area contributed by atoms with Crippen molar-refractivity contribution in [2.24, 2.45) is 0 Å². The average molecular weight is 312 g/mol. The highest BCUT2D eigenvalue weighted by atomic mass is 32.2. The van der Waals surface area contributed by atoms with Crippen LogP contribution in [0.4, 0.5) is 0 Å². The molecule has 0 fully saturated rings. The Labute approximate surface area is 133 Å². The Bertz CT molecular complexity index is 728. The SMILES string of the molecule is Cc1ccccc1OCc1nnc(SCc2ccccc2)o1. The molecule has 4 nitrogen and oxygen atoms in total. The summed E-state index contributed by atoms with van der Waals surface area (Å²) in [6, 6.07) is 18.0. The number of hydrogen-bond acceptors (Lipinski definition) is 5. The van der Waals surface area contributed by atoms with Gasteiger partial charge in [-0.3, -0.25) is 0 Å². The fourth-order valence-corrected chi connectivity index (χ4v) is 2.67. The first-order valence-electron chi connectivity index (χ1n) is 6.99. The molecule has 22 heavy (non-hydrogen) atoms. The molecule has 0 aliphatic heterocycles. The van der Waals surface area contributed by atoms with Gasteiger partial charge in [0.15, 0.2) is 6.61 Å². The van der Waals surface area contributed by atoms with Crippen molar-refractivity contribution in [2.75, 3.05) is 0 Å². The summed E-state index contributed by atoms with van der Waals surface area (Å²) in [5, 5.41) is 8.61. The summed E-state index contributed by atoms with van der Waals surface area (Å²) in [5.74, 6) is 2.12. The standard InChI is InChI=1S/C17H16N2O2S/c1-13-7-5-6-10-15(13)20-11-16-18-19-17(21-16)22-12-14-8-3-2-4-9-14/h2-10H,11-12H2,1H3. The highest BCUT2D eigenvalue weighted by Crippen LogP contribution is 2.22. The van der Waals surface area contributed by atoms with E-state index in [0.29, 0.717) is 11.1 Å². The molecule has 5 heteroatoms. The van der Waals surface area contributed by atoms with Gasteiger partial charge in [0.1, 0.15) is 5.75 Å². The van der Waals surface area contributed by atoms with Crippen LogP contribution in [-0.2, 0) is 12.4 Å². The van der Waals surface area contributed by atoms with E-state index in [1.54, 1.807) is 0 Å². The molecule has 0 saturated carbocycles. The molecule has 0 radical (unpaired) electrons. The van der Waals surface area contributed by atoms with Crippen molar-refractivity contribution >= 4 is 11.8 Å². The number of ether oxygens (including phenoxy) is 1. The average Bonchev–Trinajstić information content (AvgIpc) is 3.01. The minimum Gasteiger partial charge on any atom is -0.484 e. The van der Waals surface area contributed by atoms with Gasteiger partial charge in [0, 0.05) is 5.75 Å². The minimum atomic E-state index is 0.281. The number of nitrogens with zero attached hydrogens (tertiary/aromatic N) is 2. The summed E-state index contributed by atoms with van der Waals surface area (Å²) < 4.78 is 11.3. The lowest BCUT2D eigenvalue weighted by molar-refractivity contribution is 0.251. The van der Waals surface area contributed by atoms with E-state index in [0.717, 1.165) is 17.1 Å². The monoisotopic (exact) mass is 312 g/mol. The van der Waals surface area contributed by atoms with Gasteiger partial charge < -0.3 is 9.15 Å². The van der Waals surface area contributed by atoms with Crippen molar-refractivity contribution < 1.29 is 9.15 Å². The topological polar surface area (TPSA) is 48.2 Å². The number of aryl methyl sites for hydroxylation is 1. The van der Waals surface area contributed by atoms with Crippen molar-refractivity contribution in [3.05, 3.63) is 71.6 Å². The Hall–Kier alpha value is -2.27. The third-order valence-electron chi connectivity index (χ3n) is 3.10. The Kier molecular flexibility index (Phi) is 4.75. The second-order valence-corrected chi connectivity index (χ2v) is 5.72. The molecular weight excluding hydrogens is 296 g/mol. The third-order valence-corrected chi connectivity index (χ3v) is 3.99. The van der Waals surface area contributed by atoms with Crippen molar-refractivity contribution in [1.82, 2.24) is 10.2 Å². The maximum absolute atomic E-state index is 5.69. The first-order chi connectivity index (χ1) is 10.8. The fourth-order valence-electron chi connectivity index (χ4n) is 1.93. The highest BCUT2D eigenvalue weighted by molar-refractivity contribution is 7.98. The van der Waals surface area contributed by atoms with Crippen LogP contribution in [-0.4, -0.2) is 10.2 Å². The van der Waals surface area contributed by atoms with Crippen LogP contribution < -0.4 is 4.74 Å². The van der Waals surface area contributed by atoms with E-state index in [-0.39, 0.29) is 6.61 Å². The molecule has 0 N–H and O–H groups in total. The van der Waals surface area contributed by atoms with E-state index in [1.165, 1.54) is 17.3 Å².